The molecule has 2 heterocycles. The SMILES string of the molecule is O=CCc1ccn2c(C3CC3)nc(Cl)c2c1. The van der Waals surface area contributed by atoms with Gasteiger partial charge >= 0.3 is 0 Å². The standard InChI is InChI=1S/C12H11ClN2O/c13-11-10-7-8(4-6-16)3-5-15(10)12(14-11)9-1-2-9/h3,5-7,9H,1-2,4H2. The Morgan fingerprint density at radius 3 is 3.06 bits per heavy atom. The highest BCUT2D eigenvalue weighted by Crippen LogP contribution is 2.40. The van der Waals surface area contributed by atoms with Crippen LogP contribution in [0.3, 0.4) is 0 Å². The highest BCUT2D eigenvalue weighted by atomic mass is 35.5. The van der Waals surface area contributed by atoms with Crippen LogP contribution < -0.4 is 0 Å². The van der Waals surface area contributed by atoms with Crippen molar-refractivity contribution in [3.05, 3.63) is 34.9 Å². The van der Waals surface area contributed by atoms with Crippen LogP contribution in [0.15, 0.2) is 18.3 Å². The lowest BCUT2D eigenvalue weighted by Crippen LogP contribution is -1.93. The monoisotopic (exact) mass is 234 g/mol. The molecule has 1 aliphatic carbocycles. The summed E-state index contributed by atoms with van der Waals surface area (Å²) >= 11 is 6.10. The Morgan fingerprint density at radius 2 is 2.38 bits per heavy atom. The molecule has 0 bridgehead atoms. The van der Waals surface area contributed by atoms with Crippen molar-refractivity contribution in [2.75, 3.05) is 0 Å². The molecule has 0 aromatic carbocycles. The maximum absolute atomic E-state index is 10.5. The molecule has 2 aromatic heterocycles. The van der Waals surface area contributed by atoms with E-state index in [1.165, 1.54) is 12.8 Å². The lowest BCUT2D eigenvalue weighted by Gasteiger charge is -2.00. The van der Waals surface area contributed by atoms with Crippen LogP contribution in [0.1, 0.15) is 30.1 Å². The summed E-state index contributed by atoms with van der Waals surface area (Å²) in [6, 6.07) is 3.89. The minimum Gasteiger partial charge on any atom is -0.303 e. The summed E-state index contributed by atoms with van der Waals surface area (Å²) in [6.07, 6.45) is 5.69. The summed E-state index contributed by atoms with van der Waals surface area (Å²) in [6.45, 7) is 0. The van der Waals surface area contributed by atoms with Gasteiger partial charge in [-0.15, -0.1) is 0 Å². The molecule has 0 amide bonds. The number of hydrogen-bond donors (Lipinski definition) is 0. The largest absolute Gasteiger partial charge is 0.303 e. The van der Waals surface area contributed by atoms with Gasteiger partial charge in [0.1, 0.15) is 12.1 Å². The number of hydrogen-bond acceptors (Lipinski definition) is 2. The van der Waals surface area contributed by atoms with Crippen LogP contribution in [0, 0.1) is 0 Å². The number of halogens is 1. The lowest BCUT2D eigenvalue weighted by molar-refractivity contribution is -0.107. The molecule has 82 valence electrons. The predicted octanol–water partition coefficient (Wildman–Crippen LogP) is 2.61. The lowest BCUT2D eigenvalue weighted by atomic mass is 10.2. The van der Waals surface area contributed by atoms with Crippen molar-refractivity contribution < 1.29 is 4.79 Å². The number of nitrogens with zero attached hydrogens (tertiary/aromatic N) is 2. The molecule has 0 aliphatic heterocycles. The molecule has 0 radical (unpaired) electrons. The van der Waals surface area contributed by atoms with E-state index in [9.17, 15) is 4.79 Å². The zero-order valence-electron chi connectivity index (χ0n) is 8.69. The van der Waals surface area contributed by atoms with Gasteiger partial charge in [0.15, 0.2) is 5.15 Å². The van der Waals surface area contributed by atoms with Gasteiger partial charge in [-0.2, -0.15) is 0 Å². The van der Waals surface area contributed by atoms with E-state index in [0.717, 1.165) is 23.2 Å². The summed E-state index contributed by atoms with van der Waals surface area (Å²) < 4.78 is 2.04. The van der Waals surface area contributed by atoms with E-state index in [1.54, 1.807) is 0 Å². The molecular formula is C12H11ClN2O. The normalized spacial score (nSPS) is 15.6. The van der Waals surface area contributed by atoms with Gasteiger partial charge in [0, 0.05) is 18.5 Å². The van der Waals surface area contributed by atoms with Crippen molar-refractivity contribution >= 4 is 23.4 Å². The smallest absolute Gasteiger partial charge is 0.155 e. The number of carbonyl (C=O) groups excluding carboxylic acids is 1. The summed E-state index contributed by atoms with van der Waals surface area (Å²) in [4.78, 5) is 14.9. The second kappa shape index (κ2) is 3.59. The van der Waals surface area contributed by atoms with Crippen LogP contribution >= 0.6 is 11.6 Å². The molecule has 2 aromatic rings. The number of carbonyl (C=O) groups is 1. The summed E-state index contributed by atoms with van der Waals surface area (Å²) in [5.74, 6) is 1.62. The van der Waals surface area contributed by atoms with Crippen molar-refractivity contribution in [3.8, 4) is 0 Å². The summed E-state index contributed by atoms with van der Waals surface area (Å²) in [5.41, 5.74) is 1.88. The second-order valence-corrected chi connectivity index (χ2v) is 4.55. The molecule has 1 aliphatic rings. The van der Waals surface area contributed by atoms with Crippen molar-refractivity contribution in [3.63, 3.8) is 0 Å². The Balaban J connectivity index is 2.16. The molecular weight excluding hydrogens is 224 g/mol. The molecule has 1 saturated carbocycles. The van der Waals surface area contributed by atoms with Crippen molar-refractivity contribution in [2.24, 2.45) is 0 Å². The molecule has 1 fully saturated rings. The van der Waals surface area contributed by atoms with Crippen molar-refractivity contribution in [1.29, 1.82) is 0 Å². The average Bonchev–Trinajstić information content (AvgIpc) is 3.06. The predicted molar refractivity (Wildman–Crippen MR) is 61.9 cm³/mol. The third-order valence-electron chi connectivity index (χ3n) is 2.95. The number of fused-ring (bicyclic) bond motifs is 1. The van der Waals surface area contributed by atoms with E-state index in [0.29, 0.717) is 17.5 Å². The first-order valence-electron chi connectivity index (χ1n) is 5.39. The minimum absolute atomic E-state index is 0.427. The maximum atomic E-state index is 10.5. The zero-order chi connectivity index (χ0) is 11.1. The molecule has 0 N–H and O–H groups in total. The Kier molecular flexibility index (Phi) is 2.21. The van der Waals surface area contributed by atoms with Crippen LogP contribution in [0.4, 0.5) is 0 Å². The average molecular weight is 235 g/mol. The molecule has 0 spiro atoms. The third-order valence-corrected chi connectivity index (χ3v) is 3.23. The molecule has 0 atom stereocenters. The fourth-order valence-electron chi connectivity index (χ4n) is 1.97. The third kappa shape index (κ3) is 1.52. The molecule has 4 heteroatoms. The number of aromatic nitrogens is 2. The van der Waals surface area contributed by atoms with Crippen LogP contribution in [0.25, 0.3) is 5.52 Å². The number of pyridine rings is 1. The molecule has 3 rings (SSSR count). The number of rotatable bonds is 3. The van der Waals surface area contributed by atoms with Gasteiger partial charge < -0.3 is 9.20 Å². The highest BCUT2D eigenvalue weighted by molar-refractivity contribution is 6.32. The second-order valence-electron chi connectivity index (χ2n) is 4.20. The molecule has 16 heavy (non-hydrogen) atoms. The van der Waals surface area contributed by atoms with Crippen LogP contribution in [0.5, 0.6) is 0 Å². The minimum atomic E-state index is 0.427. The quantitative estimate of drug-likeness (QED) is 0.765. The first-order chi connectivity index (χ1) is 7.79. The van der Waals surface area contributed by atoms with Gasteiger partial charge in [-0.1, -0.05) is 11.6 Å². The number of aldehydes is 1. The molecule has 3 nitrogen and oxygen atoms in total. The molecule has 0 unspecified atom stereocenters. The fraction of sp³-hybridized carbons (Fsp3) is 0.333. The van der Waals surface area contributed by atoms with E-state index in [1.807, 2.05) is 22.7 Å². The van der Waals surface area contributed by atoms with E-state index < -0.39 is 0 Å². The van der Waals surface area contributed by atoms with Crippen LogP contribution in [-0.4, -0.2) is 15.7 Å². The van der Waals surface area contributed by atoms with Gasteiger partial charge in [0.25, 0.3) is 0 Å². The summed E-state index contributed by atoms with van der Waals surface area (Å²) in [5, 5.41) is 0.537. The van der Waals surface area contributed by atoms with E-state index in [-0.39, 0.29) is 0 Å². The van der Waals surface area contributed by atoms with E-state index in [4.69, 9.17) is 11.6 Å². The van der Waals surface area contributed by atoms with Crippen LogP contribution in [0.2, 0.25) is 5.15 Å². The first kappa shape index (κ1) is 9.85. The zero-order valence-corrected chi connectivity index (χ0v) is 9.44. The highest BCUT2D eigenvalue weighted by Gasteiger charge is 2.28. The van der Waals surface area contributed by atoms with E-state index in [2.05, 4.69) is 4.98 Å². The fourth-order valence-corrected chi connectivity index (χ4v) is 2.20. The van der Waals surface area contributed by atoms with Gasteiger partial charge in [-0.25, -0.2) is 4.98 Å². The Labute approximate surface area is 98.1 Å². The van der Waals surface area contributed by atoms with Gasteiger partial charge in [-0.3, -0.25) is 0 Å². The Morgan fingerprint density at radius 1 is 1.56 bits per heavy atom. The van der Waals surface area contributed by atoms with Crippen molar-refractivity contribution in [1.82, 2.24) is 9.38 Å². The Hall–Kier alpha value is -1.35. The van der Waals surface area contributed by atoms with Gasteiger partial charge in [-0.05, 0) is 30.5 Å². The Bertz CT molecular complexity index is 557. The first-order valence-corrected chi connectivity index (χ1v) is 5.77. The van der Waals surface area contributed by atoms with Crippen molar-refractivity contribution in [2.45, 2.75) is 25.2 Å². The number of imidazole rings is 1. The van der Waals surface area contributed by atoms with Gasteiger partial charge in [0.2, 0.25) is 0 Å². The summed E-state index contributed by atoms with van der Waals surface area (Å²) in [7, 11) is 0. The maximum Gasteiger partial charge on any atom is 0.155 e. The topological polar surface area (TPSA) is 34.4 Å². The van der Waals surface area contributed by atoms with Gasteiger partial charge in [0.05, 0.1) is 5.52 Å². The van der Waals surface area contributed by atoms with Crippen LogP contribution in [-0.2, 0) is 11.2 Å². The molecule has 0 saturated heterocycles. The van der Waals surface area contributed by atoms with E-state index >= 15 is 0 Å².